The van der Waals surface area contributed by atoms with Crippen LogP contribution < -0.4 is 10.4 Å². The fourth-order valence-electron chi connectivity index (χ4n) is 1.67. The molecule has 1 aromatic carbocycles. The van der Waals surface area contributed by atoms with Gasteiger partial charge in [0.15, 0.2) is 0 Å². The molecule has 0 saturated carbocycles. The van der Waals surface area contributed by atoms with Crippen LogP contribution in [0.5, 0.6) is 5.75 Å². The molecule has 104 valence electrons. The molecule has 1 atom stereocenters. The summed E-state index contributed by atoms with van der Waals surface area (Å²) in [5.74, 6) is 0.544. The summed E-state index contributed by atoms with van der Waals surface area (Å²) < 4.78 is 10.5. The van der Waals surface area contributed by atoms with Gasteiger partial charge in [-0.1, -0.05) is 5.11 Å². The van der Waals surface area contributed by atoms with Crippen molar-refractivity contribution in [2.24, 2.45) is 5.11 Å². The van der Waals surface area contributed by atoms with E-state index in [9.17, 15) is 9.90 Å². The van der Waals surface area contributed by atoms with Crippen LogP contribution in [0.1, 0.15) is 6.42 Å². The molecular weight excluding hydrogens is 262 g/mol. The highest BCUT2D eigenvalue weighted by Gasteiger charge is 2.04. The zero-order chi connectivity index (χ0) is 14.4. The highest BCUT2D eigenvalue weighted by molar-refractivity contribution is 5.77. The van der Waals surface area contributed by atoms with Crippen molar-refractivity contribution in [1.29, 1.82) is 0 Å². The molecule has 7 nitrogen and oxygen atoms in total. The lowest BCUT2D eigenvalue weighted by atomic mass is 10.2. The van der Waals surface area contributed by atoms with E-state index in [0.29, 0.717) is 17.8 Å². The Hall–Kier alpha value is -2.50. The van der Waals surface area contributed by atoms with Gasteiger partial charge < -0.3 is 14.3 Å². The van der Waals surface area contributed by atoms with Gasteiger partial charge in [-0.2, -0.15) is 0 Å². The Morgan fingerprint density at radius 3 is 3.00 bits per heavy atom. The SMILES string of the molecule is [N-]=[N+]=NC[C@H](O)CCOc1ccc2ccc(=O)oc2c1. The number of ether oxygens (including phenoxy) is 1. The normalized spacial score (nSPS) is 11.8. The Bertz CT molecular complexity index is 691. The first-order valence-electron chi connectivity index (χ1n) is 6.04. The second-order valence-electron chi connectivity index (χ2n) is 4.16. The second kappa shape index (κ2) is 6.60. The standard InChI is InChI=1S/C13H13N3O4/c14-16-15-8-10(17)5-6-19-11-3-1-9-2-4-13(18)20-12(9)7-11/h1-4,7,10,17H,5-6,8H2/t10-/m1/s1. The summed E-state index contributed by atoms with van der Waals surface area (Å²) in [6, 6.07) is 8.19. The summed E-state index contributed by atoms with van der Waals surface area (Å²) in [4.78, 5) is 13.7. The summed E-state index contributed by atoms with van der Waals surface area (Å²) in [6.45, 7) is 0.289. The van der Waals surface area contributed by atoms with Crippen LogP contribution in [0.25, 0.3) is 21.4 Å². The van der Waals surface area contributed by atoms with E-state index in [1.165, 1.54) is 6.07 Å². The lowest BCUT2D eigenvalue weighted by Gasteiger charge is -2.09. The number of nitrogens with zero attached hydrogens (tertiary/aromatic N) is 3. The number of aliphatic hydroxyl groups is 1. The van der Waals surface area contributed by atoms with Crippen LogP contribution in [-0.2, 0) is 0 Å². The van der Waals surface area contributed by atoms with E-state index in [-0.39, 0.29) is 13.2 Å². The zero-order valence-electron chi connectivity index (χ0n) is 10.6. The number of hydrogen-bond acceptors (Lipinski definition) is 5. The predicted molar refractivity (Wildman–Crippen MR) is 72.6 cm³/mol. The predicted octanol–water partition coefficient (Wildman–Crippen LogP) is 2.23. The molecule has 1 aromatic heterocycles. The molecule has 1 N–H and O–H groups in total. The minimum atomic E-state index is -0.732. The Morgan fingerprint density at radius 2 is 2.20 bits per heavy atom. The molecule has 0 aliphatic heterocycles. The monoisotopic (exact) mass is 275 g/mol. The van der Waals surface area contributed by atoms with Gasteiger partial charge in [-0.25, -0.2) is 4.79 Å². The Labute approximate surface area is 114 Å². The molecule has 7 heteroatoms. The van der Waals surface area contributed by atoms with E-state index in [0.717, 1.165) is 5.39 Å². The molecule has 1 heterocycles. The third kappa shape index (κ3) is 3.74. The number of fused-ring (bicyclic) bond motifs is 1. The lowest BCUT2D eigenvalue weighted by molar-refractivity contribution is 0.146. The number of azide groups is 1. The van der Waals surface area contributed by atoms with E-state index in [2.05, 4.69) is 10.0 Å². The van der Waals surface area contributed by atoms with Gasteiger partial charge in [0.2, 0.25) is 0 Å². The molecule has 0 aliphatic carbocycles. The first-order valence-corrected chi connectivity index (χ1v) is 6.04. The topological polar surface area (TPSA) is 108 Å². The van der Waals surface area contributed by atoms with E-state index >= 15 is 0 Å². The van der Waals surface area contributed by atoms with Gasteiger partial charge in [0.1, 0.15) is 11.3 Å². The van der Waals surface area contributed by atoms with Gasteiger partial charge in [0, 0.05) is 28.9 Å². The van der Waals surface area contributed by atoms with Crippen LogP contribution in [0.3, 0.4) is 0 Å². The van der Waals surface area contributed by atoms with Gasteiger partial charge in [-0.15, -0.1) is 0 Å². The molecule has 0 saturated heterocycles. The number of hydrogen-bond donors (Lipinski definition) is 1. The maximum Gasteiger partial charge on any atom is 0.336 e. The summed E-state index contributed by atoms with van der Waals surface area (Å²) in [7, 11) is 0. The fraction of sp³-hybridized carbons (Fsp3) is 0.308. The molecule has 20 heavy (non-hydrogen) atoms. The van der Waals surface area contributed by atoms with E-state index in [1.54, 1.807) is 24.3 Å². The molecule has 0 fully saturated rings. The third-order valence-corrected chi connectivity index (χ3v) is 2.67. The van der Waals surface area contributed by atoms with E-state index in [1.807, 2.05) is 0 Å². The number of benzene rings is 1. The first kappa shape index (κ1) is 13.9. The molecule has 0 aliphatic rings. The average Bonchev–Trinajstić information content (AvgIpc) is 2.44. The van der Waals surface area contributed by atoms with E-state index in [4.69, 9.17) is 14.7 Å². The third-order valence-electron chi connectivity index (χ3n) is 2.67. The summed E-state index contributed by atoms with van der Waals surface area (Å²) in [5.41, 5.74) is 8.15. The van der Waals surface area contributed by atoms with Gasteiger partial charge in [-0.3, -0.25) is 0 Å². The minimum Gasteiger partial charge on any atom is -0.493 e. The van der Waals surface area contributed by atoms with Crippen LogP contribution in [0.15, 0.2) is 44.7 Å². The van der Waals surface area contributed by atoms with Crippen LogP contribution in [0.2, 0.25) is 0 Å². The molecule has 0 amide bonds. The molecule has 0 bridgehead atoms. The zero-order valence-corrected chi connectivity index (χ0v) is 10.6. The molecule has 0 spiro atoms. The van der Waals surface area contributed by atoms with Crippen molar-refractivity contribution in [2.75, 3.05) is 13.2 Å². The maximum atomic E-state index is 11.1. The average molecular weight is 275 g/mol. The lowest BCUT2D eigenvalue weighted by Crippen LogP contribution is -2.14. The van der Waals surface area contributed by atoms with Crippen molar-refractivity contribution in [3.63, 3.8) is 0 Å². The molecule has 2 rings (SSSR count). The van der Waals surface area contributed by atoms with Gasteiger partial charge in [-0.05, 0) is 23.7 Å². The summed E-state index contributed by atoms with van der Waals surface area (Å²) in [5, 5.41) is 13.5. The summed E-state index contributed by atoms with van der Waals surface area (Å²) in [6.07, 6.45) is -0.389. The smallest absolute Gasteiger partial charge is 0.336 e. The van der Waals surface area contributed by atoms with Crippen molar-refractivity contribution in [2.45, 2.75) is 12.5 Å². The van der Waals surface area contributed by atoms with Crippen LogP contribution in [-0.4, -0.2) is 24.4 Å². The first-order chi connectivity index (χ1) is 9.69. The minimum absolute atomic E-state index is 0.0203. The summed E-state index contributed by atoms with van der Waals surface area (Å²) >= 11 is 0. The molecule has 0 radical (unpaired) electrons. The number of rotatable bonds is 6. The van der Waals surface area contributed by atoms with Crippen molar-refractivity contribution < 1.29 is 14.3 Å². The van der Waals surface area contributed by atoms with Gasteiger partial charge >= 0.3 is 5.63 Å². The quantitative estimate of drug-likeness (QED) is 0.377. The van der Waals surface area contributed by atoms with Gasteiger partial charge in [0.25, 0.3) is 0 Å². The highest BCUT2D eigenvalue weighted by atomic mass is 16.5. The Kier molecular flexibility index (Phi) is 4.60. The van der Waals surface area contributed by atoms with Crippen molar-refractivity contribution in [3.05, 3.63) is 51.2 Å². The van der Waals surface area contributed by atoms with Crippen molar-refractivity contribution in [1.82, 2.24) is 0 Å². The molecule has 2 aromatic rings. The Balaban J connectivity index is 1.96. The highest BCUT2D eigenvalue weighted by Crippen LogP contribution is 2.19. The van der Waals surface area contributed by atoms with Crippen molar-refractivity contribution >= 4 is 11.0 Å². The van der Waals surface area contributed by atoms with Gasteiger partial charge in [0.05, 0.1) is 19.3 Å². The van der Waals surface area contributed by atoms with Crippen molar-refractivity contribution in [3.8, 4) is 5.75 Å². The van der Waals surface area contributed by atoms with E-state index < -0.39 is 11.7 Å². The fourth-order valence-corrected chi connectivity index (χ4v) is 1.67. The van der Waals surface area contributed by atoms with Crippen LogP contribution in [0.4, 0.5) is 0 Å². The van der Waals surface area contributed by atoms with Crippen LogP contribution >= 0.6 is 0 Å². The van der Waals surface area contributed by atoms with Crippen LogP contribution in [0, 0.1) is 0 Å². The molecule has 0 unspecified atom stereocenters. The molecular formula is C13H13N3O4. The number of aliphatic hydroxyl groups excluding tert-OH is 1. The second-order valence-corrected chi connectivity index (χ2v) is 4.16. The Morgan fingerprint density at radius 1 is 1.40 bits per heavy atom. The maximum absolute atomic E-state index is 11.1. The largest absolute Gasteiger partial charge is 0.493 e.